The molecule has 3 aromatic heterocycles. The van der Waals surface area contributed by atoms with Gasteiger partial charge in [-0.25, -0.2) is 9.97 Å². The van der Waals surface area contributed by atoms with Crippen molar-refractivity contribution in [3.63, 3.8) is 0 Å². The molecule has 0 aliphatic rings. The second kappa shape index (κ2) is 9.62. The molecule has 0 radical (unpaired) electrons. The zero-order valence-corrected chi connectivity index (χ0v) is 24.7. The first-order valence-corrected chi connectivity index (χ1v) is 15.5. The Balaban J connectivity index is 1.18. The minimum atomic E-state index is 0.659. The number of hydrogen-bond donors (Lipinski definition) is 0. The van der Waals surface area contributed by atoms with Crippen LogP contribution in [0.1, 0.15) is 0 Å². The van der Waals surface area contributed by atoms with Gasteiger partial charge in [0, 0.05) is 38.1 Å². The van der Waals surface area contributed by atoms with Crippen molar-refractivity contribution in [2.75, 3.05) is 0 Å². The summed E-state index contributed by atoms with van der Waals surface area (Å²) in [6, 6.07) is 53.0. The maximum Gasteiger partial charge on any atom is 0.235 e. The molecule has 0 fully saturated rings. The lowest BCUT2D eigenvalue weighted by Gasteiger charge is -2.12. The van der Waals surface area contributed by atoms with Gasteiger partial charge in [0.15, 0.2) is 0 Å². The summed E-state index contributed by atoms with van der Waals surface area (Å²) < 4.78 is 8.55. The summed E-state index contributed by atoms with van der Waals surface area (Å²) in [6.45, 7) is 0. The number of hydrogen-bond acceptors (Lipinski definition) is 3. The predicted octanol–water partition coefficient (Wildman–Crippen LogP) is 11.1. The number of furan rings is 1. The average molecular weight is 588 g/mol. The van der Waals surface area contributed by atoms with Crippen LogP contribution < -0.4 is 0 Å². The number of benzene rings is 7. The van der Waals surface area contributed by atoms with Crippen LogP contribution in [0, 0.1) is 0 Å². The van der Waals surface area contributed by atoms with Gasteiger partial charge in [0.05, 0.1) is 22.2 Å². The van der Waals surface area contributed by atoms with Crippen LogP contribution in [0.25, 0.3) is 93.8 Å². The summed E-state index contributed by atoms with van der Waals surface area (Å²) in [5.74, 6) is 0.659. The van der Waals surface area contributed by atoms with Crippen molar-refractivity contribution < 1.29 is 4.42 Å². The van der Waals surface area contributed by atoms with Crippen LogP contribution in [0.15, 0.2) is 156 Å². The molecule has 4 heteroatoms. The van der Waals surface area contributed by atoms with Gasteiger partial charge in [-0.1, -0.05) is 127 Å². The fourth-order valence-corrected chi connectivity index (χ4v) is 7.12. The van der Waals surface area contributed by atoms with Crippen LogP contribution in [0.5, 0.6) is 0 Å². The molecule has 7 aromatic carbocycles. The molecule has 4 nitrogen and oxygen atoms in total. The number of fused-ring (bicyclic) bond motifs is 9. The zero-order chi connectivity index (χ0) is 30.2. The van der Waals surface area contributed by atoms with E-state index in [2.05, 4.69) is 138 Å². The van der Waals surface area contributed by atoms with Crippen molar-refractivity contribution in [3.8, 4) is 28.3 Å². The number of para-hydroxylation sites is 4. The smallest absolute Gasteiger partial charge is 0.235 e. The monoisotopic (exact) mass is 587 g/mol. The van der Waals surface area contributed by atoms with E-state index < -0.39 is 0 Å². The van der Waals surface area contributed by atoms with Gasteiger partial charge in [-0.05, 0) is 40.6 Å². The normalized spacial score (nSPS) is 11.9. The summed E-state index contributed by atoms with van der Waals surface area (Å²) in [5.41, 5.74) is 9.01. The van der Waals surface area contributed by atoms with Gasteiger partial charge in [0.1, 0.15) is 11.2 Å². The van der Waals surface area contributed by atoms with Gasteiger partial charge in [0.25, 0.3) is 0 Å². The topological polar surface area (TPSA) is 43.9 Å². The van der Waals surface area contributed by atoms with Crippen molar-refractivity contribution in [1.29, 1.82) is 0 Å². The molecule has 0 unspecified atom stereocenters. The molecule has 46 heavy (non-hydrogen) atoms. The first kappa shape index (κ1) is 25.1. The highest BCUT2D eigenvalue weighted by atomic mass is 16.3. The Labute approximate surface area is 263 Å². The fourth-order valence-electron chi connectivity index (χ4n) is 7.12. The Hall–Kier alpha value is -6.26. The van der Waals surface area contributed by atoms with E-state index in [9.17, 15) is 0 Å². The molecule has 0 N–H and O–H groups in total. The lowest BCUT2D eigenvalue weighted by molar-refractivity contribution is 0.670. The predicted molar refractivity (Wildman–Crippen MR) is 190 cm³/mol. The van der Waals surface area contributed by atoms with Gasteiger partial charge < -0.3 is 4.42 Å². The fraction of sp³-hybridized carbons (Fsp3) is 0. The van der Waals surface area contributed by atoms with E-state index in [0.717, 1.165) is 66.3 Å². The summed E-state index contributed by atoms with van der Waals surface area (Å²) >= 11 is 0. The summed E-state index contributed by atoms with van der Waals surface area (Å²) in [4.78, 5) is 10.5. The number of rotatable bonds is 3. The van der Waals surface area contributed by atoms with Gasteiger partial charge in [-0.2, -0.15) is 0 Å². The zero-order valence-electron chi connectivity index (χ0n) is 24.7. The highest BCUT2D eigenvalue weighted by Crippen LogP contribution is 2.39. The first-order chi connectivity index (χ1) is 22.8. The minimum Gasteiger partial charge on any atom is -0.455 e. The molecule has 0 aliphatic carbocycles. The third-order valence-electron chi connectivity index (χ3n) is 9.23. The molecule has 214 valence electrons. The van der Waals surface area contributed by atoms with Gasteiger partial charge in [-0.3, -0.25) is 4.57 Å². The standard InChI is InChI=1S/C42H25N3O/c1-2-11-29-26(10-1)24-25-37-39(29)34-14-4-7-18-36(34)45(37)42-43-35-17-6-3-13-33(35)40(44-42)28-22-20-27(21-23-28)30-15-9-16-32-31-12-5-8-19-38(31)46-41(30)32/h1-25H. The van der Waals surface area contributed by atoms with E-state index in [1.807, 2.05) is 18.2 Å². The molecule has 0 bridgehead atoms. The molecule has 0 atom stereocenters. The maximum absolute atomic E-state index is 6.34. The Kier molecular flexibility index (Phi) is 5.25. The van der Waals surface area contributed by atoms with E-state index in [0.29, 0.717) is 5.95 Å². The summed E-state index contributed by atoms with van der Waals surface area (Å²) in [6.07, 6.45) is 0. The Morgan fingerprint density at radius 2 is 1.15 bits per heavy atom. The molecule has 0 amide bonds. The molecule has 3 heterocycles. The molecule has 0 spiro atoms. The van der Waals surface area contributed by atoms with Crippen molar-refractivity contribution in [2.45, 2.75) is 0 Å². The Morgan fingerprint density at radius 3 is 2.04 bits per heavy atom. The van der Waals surface area contributed by atoms with E-state index in [1.165, 1.54) is 21.5 Å². The average Bonchev–Trinajstić information content (AvgIpc) is 3.67. The third-order valence-corrected chi connectivity index (χ3v) is 9.23. The molecule has 0 saturated heterocycles. The largest absolute Gasteiger partial charge is 0.455 e. The van der Waals surface area contributed by atoms with Crippen molar-refractivity contribution in [2.24, 2.45) is 0 Å². The Morgan fingerprint density at radius 1 is 0.457 bits per heavy atom. The van der Waals surface area contributed by atoms with E-state index in [4.69, 9.17) is 14.4 Å². The van der Waals surface area contributed by atoms with Crippen LogP contribution in [0.2, 0.25) is 0 Å². The van der Waals surface area contributed by atoms with Gasteiger partial charge in [-0.15, -0.1) is 0 Å². The van der Waals surface area contributed by atoms with Crippen LogP contribution in [0.4, 0.5) is 0 Å². The lowest BCUT2D eigenvalue weighted by atomic mass is 9.99. The number of nitrogens with zero attached hydrogens (tertiary/aromatic N) is 3. The molecular weight excluding hydrogens is 562 g/mol. The van der Waals surface area contributed by atoms with Crippen LogP contribution in [-0.2, 0) is 0 Å². The van der Waals surface area contributed by atoms with Crippen molar-refractivity contribution >= 4 is 65.4 Å². The highest BCUT2D eigenvalue weighted by Gasteiger charge is 2.19. The van der Waals surface area contributed by atoms with Crippen LogP contribution in [0.3, 0.4) is 0 Å². The van der Waals surface area contributed by atoms with Crippen LogP contribution in [-0.4, -0.2) is 14.5 Å². The molecular formula is C42H25N3O. The third kappa shape index (κ3) is 3.61. The molecule has 0 saturated carbocycles. The molecule has 0 aliphatic heterocycles. The lowest BCUT2D eigenvalue weighted by Crippen LogP contribution is -2.03. The van der Waals surface area contributed by atoms with Gasteiger partial charge in [0.2, 0.25) is 5.95 Å². The van der Waals surface area contributed by atoms with E-state index in [1.54, 1.807) is 0 Å². The summed E-state index contributed by atoms with van der Waals surface area (Å²) in [7, 11) is 0. The minimum absolute atomic E-state index is 0.659. The second-order valence-corrected chi connectivity index (χ2v) is 11.8. The summed E-state index contributed by atoms with van der Waals surface area (Å²) in [5, 5.41) is 8.14. The molecule has 10 rings (SSSR count). The van der Waals surface area contributed by atoms with E-state index >= 15 is 0 Å². The SMILES string of the molecule is c1ccc2c(c1)ccc1c2c2ccccc2n1-c1nc(-c2ccc(-c3cccc4c3oc3ccccc34)cc2)c2ccccc2n1. The first-order valence-electron chi connectivity index (χ1n) is 15.5. The highest BCUT2D eigenvalue weighted by molar-refractivity contribution is 6.21. The molecule has 10 aromatic rings. The second-order valence-electron chi connectivity index (χ2n) is 11.8. The Bertz CT molecular complexity index is 2810. The van der Waals surface area contributed by atoms with Crippen molar-refractivity contribution in [1.82, 2.24) is 14.5 Å². The maximum atomic E-state index is 6.34. The van der Waals surface area contributed by atoms with Crippen molar-refractivity contribution in [3.05, 3.63) is 152 Å². The quantitative estimate of drug-likeness (QED) is 0.207. The van der Waals surface area contributed by atoms with E-state index in [-0.39, 0.29) is 0 Å². The number of aromatic nitrogens is 3. The van der Waals surface area contributed by atoms with Crippen LogP contribution >= 0.6 is 0 Å². The van der Waals surface area contributed by atoms with Gasteiger partial charge >= 0.3 is 0 Å².